The van der Waals surface area contributed by atoms with Gasteiger partial charge in [0.15, 0.2) is 5.13 Å². The first kappa shape index (κ1) is 11.9. The molecule has 0 radical (unpaired) electrons. The quantitative estimate of drug-likeness (QED) is 0.802. The summed E-state index contributed by atoms with van der Waals surface area (Å²) in [5.41, 5.74) is 1.01. The number of aromatic nitrogens is 1. The van der Waals surface area contributed by atoms with Gasteiger partial charge in [0.05, 0.1) is 29.0 Å². The van der Waals surface area contributed by atoms with Crippen molar-refractivity contribution < 1.29 is 4.74 Å². The summed E-state index contributed by atoms with van der Waals surface area (Å²) >= 11 is 7.80. The number of halogens is 1. The number of ether oxygens (including phenoxy) is 1. The highest BCUT2D eigenvalue weighted by Crippen LogP contribution is 2.37. The Morgan fingerprint density at radius 3 is 3.26 bits per heavy atom. The average Bonchev–Trinajstić information content (AvgIpc) is 3.03. The number of thiazole rings is 1. The van der Waals surface area contributed by atoms with Gasteiger partial charge in [-0.1, -0.05) is 22.9 Å². The maximum absolute atomic E-state index is 6.03. The Kier molecular flexibility index (Phi) is 2.90. The Labute approximate surface area is 121 Å². The Hall–Kier alpha value is -0.840. The van der Waals surface area contributed by atoms with Crippen molar-refractivity contribution in [1.29, 1.82) is 0 Å². The van der Waals surface area contributed by atoms with Gasteiger partial charge in [-0.2, -0.15) is 0 Å². The van der Waals surface area contributed by atoms with Gasteiger partial charge in [-0.25, -0.2) is 4.98 Å². The lowest BCUT2D eigenvalue weighted by atomic mass is 10.1. The Morgan fingerprint density at radius 2 is 2.32 bits per heavy atom. The molecule has 100 valence electrons. The summed E-state index contributed by atoms with van der Waals surface area (Å²) in [5.74, 6) is 0. The minimum Gasteiger partial charge on any atom is -0.374 e. The Morgan fingerprint density at radius 1 is 1.37 bits per heavy atom. The van der Waals surface area contributed by atoms with Gasteiger partial charge in [0.2, 0.25) is 0 Å². The van der Waals surface area contributed by atoms with Crippen molar-refractivity contribution in [2.75, 3.05) is 18.1 Å². The van der Waals surface area contributed by atoms with Crippen molar-refractivity contribution in [1.82, 2.24) is 4.98 Å². The molecule has 1 saturated heterocycles. The maximum atomic E-state index is 6.03. The number of anilines is 1. The van der Waals surface area contributed by atoms with E-state index in [-0.39, 0.29) is 0 Å². The normalized spacial score (nSPS) is 26.9. The number of hydrogen-bond donors (Lipinski definition) is 0. The Balaban J connectivity index is 1.72. The van der Waals surface area contributed by atoms with E-state index < -0.39 is 0 Å². The van der Waals surface area contributed by atoms with Crippen LogP contribution >= 0.6 is 22.9 Å². The monoisotopic (exact) mass is 294 g/mol. The largest absolute Gasteiger partial charge is 0.374 e. The van der Waals surface area contributed by atoms with Gasteiger partial charge in [-0.3, -0.25) is 0 Å². The van der Waals surface area contributed by atoms with Crippen LogP contribution in [-0.4, -0.2) is 30.3 Å². The van der Waals surface area contributed by atoms with E-state index in [4.69, 9.17) is 21.3 Å². The first-order valence-electron chi connectivity index (χ1n) is 6.75. The number of hydrogen-bond acceptors (Lipinski definition) is 4. The predicted molar refractivity (Wildman–Crippen MR) is 79.4 cm³/mol. The van der Waals surface area contributed by atoms with E-state index in [1.54, 1.807) is 11.3 Å². The van der Waals surface area contributed by atoms with Crippen LogP contribution in [0.5, 0.6) is 0 Å². The zero-order valence-corrected chi connectivity index (χ0v) is 12.1. The molecule has 0 N–H and O–H groups in total. The van der Waals surface area contributed by atoms with E-state index in [1.807, 2.05) is 12.1 Å². The van der Waals surface area contributed by atoms with E-state index in [0.717, 1.165) is 28.8 Å². The second kappa shape index (κ2) is 4.62. The second-order valence-electron chi connectivity index (χ2n) is 5.21. The van der Waals surface area contributed by atoms with E-state index in [1.165, 1.54) is 24.0 Å². The maximum Gasteiger partial charge on any atom is 0.186 e. The van der Waals surface area contributed by atoms with Crippen molar-refractivity contribution in [2.24, 2.45) is 0 Å². The molecular weight excluding hydrogens is 280 g/mol. The molecule has 1 aliphatic heterocycles. The third-order valence-electron chi connectivity index (χ3n) is 4.07. The number of rotatable bonds is 1. The lowest BCUT2D eigenvalue weighted by molar-refractivity contribution is 0.0256. The average molecular weight is 295 g/mol. The highest BCUT2D eigenvalue weighted by molar-refractivity contribution is 7.22. The smallest absolute Gasteiger partial charge is 0.186 e. The first-order chi connectivity index (χ1) is 9.31. The van der Waals surface area contributed by atoms with Crippen LogP contribution < -0.4 is 4.90 Å². The molecule has 0 bridgehead atoms. The standard InChI is InChI=1S/C14H15ClN2OS/c15-9-4-5-13-10(8-9)16-14(19-13)17-6-7-18-12-3-1-2-11(12)17/h4-5,8,11-12H,1-3,6-7H2/t11-,12+/m0/s1. The topological polar surface area (TPSA) is 25.4 Å². The van der Waals surface area contributed by atoms with Crippen molar-refractivity contribution in [3.05, 3.63) is 23.2 Å². The highest BCUT2D eigenvalue weighted by atomic mass is 35.5. The molecule has 1 aromatic heterocycles. The molecule has 19 heavy (non-hydrogen) atoms. The van der Waals surface area contributed by atoms with Crippen LogP contribution in [0, 0.1) is 0 Å². The molecule has 2 fully saturated rings. The highest BCUT2D eigenvalue weighted by Gasteiger charge is 2.37. The van der Waals surface area contributed by atoms with Gasteiger partial charge in [0.1, 0.15) is 0 Å². The van der Waals surface area contributed by atoms with Gasteiger partial charge >= 0.3 is 0 Å². The van der Waals surface area contributed by atoms with Crippen LogP contribution in [0.15, 0.2) is 18.2 Å². The van der Waals surface area contributed by atoms with Crippen LogP contribution in [0.3, 0.4) is 0 Å². The summed E-state index contributed by atoms with van der Waals surface area (Å²) in [4.78, 5) is 7.21. The number of fused-ring (bicyclic) bond motifs is 2. The van der Waals surface area contributed by atoms with Crippen molar-refractivity contribution in [3.63, 3.8) is 0 Å². The molecule has 0 spiro atoms. The molecule has 2 atom stereocenters. The molecule has 2 aliphatic rings. The van der Waals surface area contributed by atoms with E-state index in [0.29, 0.717) is 12.1 Å². The summed E-state index contributed by atoms with van der Waals surface area (Å²) in [5, 5.41) is 1.88. The molecule has 1 saturated carbocycles. The Bertz CT molecular complexity index is 615. The first-order valence-corrected chi connectivity index (χ1v) is 7.95. The van der Waals surface area contributed by atoms with Crippen LogP contribution in [0.2, 0.25) is 5.02 Å². The van der Waals surface area contributed by atoms with E-state index in [2.05, 4.69) is 11.0 Å². The predicted octanol–water partition coefficient (Wildman–Crippen LogP) is 3.71. The third kappa shape index (κ3) is 2.02. The molecule has 3 nitrogen and oxygen atoms in total. The van der Waals surface area contributed by atoms with E-state index >= 15 is 0 Å². The molecule has 5 heteroatoms. The summed E-state index contributed by atoms with van der Waals surface area (Å²) in [6.45, 7) is 1.77. The molecule has 2 aromatic rings. The van der Waals surface area contributed by atoms with Crippen LogP contribution in [0.25, 0.3) is 10.2 Å². The van der Waals surface area contributed by atoms with Crippen molar-refractivity contribution >= 4 is 38.3 Å². The molecule has 0 unspecified atom stereocenters. The minimum absolute atomic E-state index is 0.407. The summed E-state index contributed by atoms with van der Waals surface area (Å²) in [6.07, 6.45) is 4.09. The zero-order chi connectivity index (χ0) is 12.8. The fourth-order valence-electron chi connectivity index (χ4n) is 3.17. The van der Waals surface area contributed by atoms with Crippen molar-refractivity contribution in [3.8, 4) is 0 Å². The fraction of sp³-hybridized carbons (Fsp3) is 0.500. The fourth-order valence-corrected chi connectivity index (χ4v) is 4.37. The zero-order valence-electron chi connectivity index (χ0n) is 10.5. The number of morpholine rings is 1. The van der Waals surface area contributed by atoms with Gasteiger partial charge in [0, 0.05) is 11.6 Å². The lowest BCUT2D eigenvalue weighted by Gasteiger charge is -2.37. The second-order valence-corrected chi connectivity index (χ2v) is 6.65. The number of benzene rings is 1. The third-order valence-corrected chi connectivity index (χ3v) is 5.37. The summed E-state index contributed by atoms with van der Waals surface area (Å²) in [7, 11) is 0. The summed E-state index contributed by atoms with van der Waals surface area (Å²) < 4.78 is 7.07. The SMILES string of the molecule is Clc1ccc2sc(N3CCO[C@@H]4CCC[C@@H]43)nc2c1. The molecule has 4 rings (SSSR count). The van der Waals surface area contributed by atoms with Crippen LogP contribution in [0.4, 0.5) is 5.13 Å². The lowest BCUT2D eigenvalue weighted by Crippen LogP contribution is -2.48. The van der Waals surface area contributed by atoms with Gasteiger partial charge in [-0.15, -0.1) is 0 Å². The molecule has 0 amide bonds. The molecule has 1 aliphatic carbocycles. The summed E-state index contributed by atoms with van der Waals surface area (Å²) in [6, 6.07) is 6.46. The van der Waals surface area contributed by atoms with E-state index in [9.17, 15) is 0 Å². The van der Waals surface area contributed by atoms with Gasteiger partial charge < -0.3 is 9.64 Å². The minimum atomic E-state index is 0.407. The van der Waals surface area contributed by atoms with Gasteiger partial charge in [-0.05, 0) is 37.5 Å². The van der Waals surface area contributed by atoms with Crippen molar-refractivity contribution in [2.45, 2.75) is 31.4 Å². The molecule has 1 aromatic carbocycles. The van der Waals surface area contributed by atoms with Crippen LogP contribution in [0.1, 0.15) is 19.3 Å². The van der Waals surface area contributed by atoms with Gasteiger partial charge in [0.25, 0.3) is 0 Å². The molecule has 2 heterocycles. The molecular formula is C14H15ClN2OS. The number of nitrogens with zero attached hydrogens (tertiary/aromatic N) is 2. The van der Waals surface area contributed by atoms with Crippen LogP contribution in [-0.2, 0) is 4.74 Å².